The van der Waals surface area contributed by atoms with Crippen LogP contribution in [-0.4, -0.2) is 28.3 Å². The van der Waals surface area contributed by atoms with E-state index in [4.69, 9.17) is 16.6 Å². The van der Waals surface area contributed by atoms with Gasteiger partial charge in [-0.1, -0.05) is 0 Å². The van der Waals surface area contributed by atoms with Crippen molar-refractivity contribution in [3.63, 3.8) is 0 Å². The van der Waals surface area contributed by atoms with Crippen LogP contribution in [0.4, 0.5) is 11.6 Å². The Morgan fingerprint density at radius 3 is 2.00 bits per heavy atom. The van der Waals surface area contributed by atoms with E-state index in [2.05, 4.69) is 49.3 Å². The monoisotopic (exact) mass is 495 g/mol. The topological polar surface area (TPSA) is 37.8 Å². The molecule has 2 rings (SSSR count). The zero-order valence-corrected chi connectivity index (χ0v) is 20.7. The molecule has 0 aliphatic rings. The molecule has 27 heavy (non-hydrogen) atoms. The van der Waals surface area contributed by atoms with Crippen LogP contribution in [0.2, 0.25) is 18.3 Å². The van der Waals surface area contributed by atoms with Gasteiger partial charge in [0.2, 0.25) is 0 Å². The Balaban J connectivity index is 2.30. The number of nitrogens with one attached hydrogen (secondary N) is 1. The van der Waals surface area contributed by atoms with Gasteiger partial charge in [0.1, 0.15) is 0 Å². The van der Waals surface area contributed by atoms with Crippen LogP contribution in [-0.2, 0) is 0 Å². The molecule has 2 aromatic heterocycles. The van der Waals surface area contributed by atoms with Gasteiger partial charge in [-0.05, 0) is 0 Å². The third-order valence-electron chi connectivity index (χ3n) is 5.30. The predicted molar refractivity (Wildman–Crippen MR) is 121 cm³/mol. The van der Waals surface area contributed by atoms with E-state index in [1.54, 1.807) is 6.20 Å². The SMILES string of the molecule is CCC[CH2][Sn]([CH2]CCC)([CH2]CCC)[c]1cccc(Nc2ccc(Cl)cn2)n1. The molecular weight excluding hydrogens is 460 g/mol. The van der Waals surface area contributed by atoms with Crippen molar-refractivity contribution < 1.29 is 0 Å². The summed E-state index contributed by atoms with van der Waals surface area (Å²) in [5.41, 5.74) is 0. The molecule has 2 aromatic rings. The molecule has 5 heteroatoms. The van der Waals surface area contributed by atoms with E-state index in [9.17, 15) is 0 Å². The Hall–Kier alpha value is -0.811. The third-order valence-corrected chi connectivity index (χ3v) is 20.6. The second-order valence-corrected chi connectivity index (χ2v) is 21.0. The van der Waals surface area contributed by atoms with E-state index in [1.165, 1.54) is 55.5 Å². The Morgan fingerprint density at radius 1 is 0.852 bits per heavy atom. The van der Waals surface area contributed by atoms with Gasteiger partial charge in [-0.3, -0.25) is 0 Å². The third kappa shape index (κ3) is 6.94. The summed E-state index contributed by atoms with van der Waals surface area (Å²) in [7, 11) is 0. The molecule has 1 N–H and O–H groups in total. The minimum atomic E-state index is -2.49. The van der Waals surface area contributed by atoms with E-state index in [1.807, 2.05) is 12.1 Å². The molecular formula is C22H34ClN3Sn. The molecule has 2 heterocycles. The molecule has 0 bridgehead atoms. The van der Waals surface area contributed by atoms with Crippen LogP contribution in [0.5, 0.6) is 0 Å². The van der Waals surface area contributed by atoms with Gasteiger partial charge in [0.05, 0.1) is 0 Å². The van der Waals surface area contributed by atoms with Gasteiger partial charge in [-0.2, -0.15) is 0 Å². The van der Waals surface area contributed by atoms with E-state index in [-0.39, 0.29) is 0 Å². The summed E-state index contributed by atoms with van der Waals surface area (Å²) in [6, 6.07) is 10.3. The minimum absolute atomic E-state index is 0.649. The van der Waals surface area contributed by atoms with Gasteiger partial charge >= 0.3 is 175 Å². The number of aromatic nitrogens is 2. The summed E-state index contributed by atoms with van der Waals surface area (Å²) in [5.74, 6) is 1.70. The summed E-state index contributed by atoms with van der Waals surface area (Å²) < 4.78 is 5.74. The van der Waals surface area contributed by atoms with Gasteiger partial charge in [-0.15, -0.1) is 0 Å². The standard InChI is InChI=1S/C10H7ClN3.3C4H9.Sn/c11-8-4-5-10(13-7-8)14-9-3-1-2-6-12-9;3*1-3-4-2;/h1-5,7H,(H,12,13,14);3*1,3-4H2,2H3;. The molecule has 0 spiro atoms. The van der Waals surface area contributed by atoms with Crippen LogP contribution >= 0.6 is 11.6 Å². The molecule has 148 valence electrons. The number of rotatable bonds is 12. The van der Waals surface area contributed by atoms with Crippen molar-refractivity contribution in [1.29, 1.82) is 0 Å². The fourth-order valence-corrected chi connectivity index (χ4v) is 19.3. The molecule has 0 aliphatic carbocycles. The van der Waals surface area contributed by atoms with Crippen LogP contribution < -0.4 is 9.03 Å². The zero-order chi connectivity index (χ0) is 19.5. The summed E-state index contributed by atoms with van der Waals surface area (Å²) in [6.45, 7) is 6.94. The number of anilines is 2. The Kier molecular flexibility index (Phi) is 9.91. The Bertz CT molecular complexity index is 654. The summed E-state index contributed by atoms with van der Waals surface area (Å²) in [4.78, 5) is 9.48. The fraction of sp³-hybridized carbons (Fsp3) is 0.545. The molecule has 0 amide bonds. The average molecular weight is 495 g/mol. The van der Waals surface area contributed by atoms with Gasteiger partial charge in [-0.25, -0.2) is 0 Å². The van der Waals surface area contributed by atoms with E-state index < -0.39 is 18.4 Å². The Morgan fingerprint density at radius 2 is 1.48 bits per heavy atom. The number of nitrogens with zero attached hydrogens (tertiary/aromatic N) is 2. The summed E-state index contributed by atoms with van der Waals surface area (Å²) >= 11 is 3.46. The molecule has 3 nitrogen and oxygen atoms in total. The van der Waals surface area contributed by atoms with Gasteiger partial charge in [0.15, 0.2) is 0 Å². The van der Waals surface area contributed by atoms with Crippen LogP contribution in [0.15, 0.2) is 36.5 Å². The quantitative estimate of drug-likeness (QED) is 0.325. The number of hydrogen-bond donors (Lipinski definition) is 1. The predicted octanol–water partition coefficient (Wildman–Crippen LogP) is 6.93. The summed E-state index contributed by atoms with van der Waals surface area (Å²) in [5, 5.41) is 4.01. The first kappa shape index (κ1) is 22.5. The Labute approximate surface area is 174 Å². The average Bonchev–Trinajstić information content (AvgIpc) is 2.70. The van der Waals surface area contributed by atoms with Crippen LogP contribution in [0.1, 0.15) is 59.3 Å². The van der Waals surface area contributed by atoms with Gasteiger partial charge in [0.25, 0.3) is 0 Å². The van der Waals surface area contributed by atoms with Gasteiger partial charge < -0.3 is 0 Å². The van der Waals surface area contributed by atoms with Crippen molar-refractivity contribution in [3.05, 3.63) is 41.6 Å². The van der Waals surface area contributed by atoms with Crippen molar-refractivity contribution in [2.75, 3.05) is 5.32 Å². The molecule has 0 aromatic carbocycles. The summed E-state index contributed by atoms with van der Waals surface area (Å²) in [6.07, 6.45) is 9.56. The number of hydrogen-bond acceptors (Lipinski definition) is 3. The fourth-order valence-electron chi connectivity index (χ4n) is 3.69. The number of pyridine rings is 2. The van der Waals surface area contributed by atoms with E-state index in [0.29, 0.717) is 5.02 Å². The normalized spacial score (nSPS) is 11.6. The molecule has 0 atom stereocenters. The van der Waals surface area contributed by atoms with Crippen LogP contribution in [0, 0.1) is 0 Å². The van der Waals surface area contributed by atoms with Crippen molar-refractivity contribution in [2.45, 2.75) is 72.6 Å². The maximum atomic E-state index is 5.95. The number of unbranched alkanes of at least 4 members (excludes halogenated alkanes) is 3. The van der Waals surface area contributed by atoms with Crippen molar-refractivity contribution in [1.82, 2.24) is 9.97 Å². The first-order chi connectivity index (χ1) is 13.1. The number of halogens is 1. The molecule has 0 fully saturated rings. The van der Waals surface area contributed by atoms with Crippen LogP contribution in [0.25, 0.3) is 0 Å². The molecule has 0 saturated carbocycles. The first-order valence-electron chi connectivity index (χ1n) is 10.5. The molecule has 0 aliphatic heterocycles. The molecule has 0 saturated heterocycles. The second kappa shape index (κ2) is 11.9. The van der Waals surface area contributed by atoms with E-state index in [0.717, 1.165) is 11.6 Å². The first-order valence-corrected chi connectivity index (χ1v) is 18.4. The zero-order valence-electron chi connectivity index (χ0n) is 17.1. The second-order valence-electron chi connectivity index (χ2n) is 7.49. The molecule has 0 unspecified atom stereocenters. The molecule has 0 radical (unpaired) electrons. The maximum absolute atomic E-state index is 5.95. The van der Waals surface area contributed by atoms with Gasteiger partial charge in [0, 0.05) is 0 Å². The van der Waals surface area contributed by atoms with Crippen LogP contribution in [0.3, 0.4) is 0 Å². The van der Waals surface area contributed by atoms with Crippen molar-refractivity contribution in [3.8, 4) is 0 Å². The van der Waals surface area contributed by atoms with Crippen molar-refractivity contribution >= 4 is 45.3 Å². The van der Waals surface area contributed by atoms with Crippen molar-refractivity contribution in [2.24, 2.45) is 0 Å². The van der Waals surface area contributed by atoms with E-state index >= 15 is 0 Å².